The molecular weight excluding hydrogens is 538 g/mol. The summed E-state index contributed by atoms with van der Waals surface area (Å²) in [5.74, 6) is 4.89. The summed E-state index contributed by atoms with van der Waals surface area (Å²) in [6.45, 7) is 19.7. The van der Waals surface area contributed by atoms with Crippen LogP contribution in [0.4, 0.5) is 5.69 Å². The molecule has 1 fully saturated rings. The summed E-state index contributed by atoms with van der Waals surface area (Å²) < 4.78 is 22.0. The predicted molar refractivity (Wildman–Crippen MR) is 177 cm³/mol. The molecule has 222 valence electrons. The third kappa shape index (κ3) is 10.4. The predicted octanol–water partition coefficient (Wildman–Crippen LogP) is 6.72. The number of allylic oxidation sites excluding steroid dienone is 2. The van der Waals surface area contributed by atoms with E-state index >= 15 is 0 Å². The van der Waals surface area contributed by atoms with Crippen molar-refractivity contribution in [2.75, 3.05) is 56.6 Å². The Morgan fingerprint density at radius 2 is 1.77 bits per heavy atom. The van der Waals surface area contributed by atoms with E-state index in [9.17, 15) is 4.21 Å². The van der Waals surface area contributed by atoms with E-state index in [1.54, 1.807) is 6.08 Å². The van der Waals surface area contributed by atoms with Crippen LogP contribution < -0.4 is 4.90 Å². The monoisotopic (exact) mass is 587 g/mol. The van der Waals surface area contributed by atoms with E-state index in [1.165, 1.54) is 16.8 Å². The van der Waals surface area contributed by atoms with Gasteiger partial charge in [0.15, 0.2) is 0 Å². The number of morpholine rings is 1. The highest BCUT2D eigenvalue weighted by Crippen LogP contribution is 2.33. The van der Waals surface area contributed by atoms with E-state index in [1.807, 2.05) is 39.0 Å². The molecule has 2 aromatic rings. The second-order valence-electron chi connectivity index (χ2n) is 10.0. The van der Waals surface area contributed by atoms with Crippen LogP contribution in [-0.2, 0) is 27.4 Å². The van der Waals surface area contributed by atoms with Crippen LogP contribution in [0.3, 0.4) is 0 Å². The molecule has 2 aliphatic rings. The van der Waals surface area contributed by atoms with Crippen LogP contribution in [0.15, 0.2) is 72.8 Å². The SMILES string of the molecule is C=CC.C=S(=O)(CCN1CCOCC1)N1Cc2cc(Cl)ccc2N(C/C(C)=C/C)C[C@H]1Cc1ccccc1.CC. The number of anilines is 1. The van der Waals surface area contributed by atoms with Crippen LogP contribution in [0.1, 0.15) is 45.7 Å². The molecule has 0 aromatic heterocycles. The van der Waals surface area contributed by atoms with Crippen LogP contribution in [0.5, 0.6) is 0 Å². The Labute approximate surface area is 249 Å². The number of halogens is 1. The van der Waals surface area contributed by atoms with E-state index in [4.69, 9.17) is 16.3 Å². The molecule has 0 N–H and O–H groups in total. The Balaban J connectivity index is 0.00000105. The fraction of sp³-hybridized carbons (Fsp3) is 0.485. The Hall–Kier alpha value is -2.09. The fourth-order valence-corrected chi connectivity index (χ4v) is 6.96. The first-order valence-electron chi connectivity index (χ1n) is 14.4. The minimum atomic E-state index is -2.52. The largest absolute Gasteiger partial charge is 0.379 e. The van der Waals surface area contributed by atoms with Crippen LogP contribution >= 0.6 is 11.6 Å². The van der Waals surface area contributed by atoms with Crippen LogP contribution in [0.2, 0.25) is 5.02 Å². The quantitative estimate of drug-likeness (QED) is 0.254. The van der Waals surface area contributed by atoms with Crippen molar-refractivity contribution in [1.82, 2.24) is 9.21 Å². The number of benzene rings is 2. The van der Waals surface area contributed by atoms with Crippen molar-refractivity contribution < 1.29 is 8.95 Å². The van der Waals surface area contributed by atoms with E-state index in [2.05, 4.69) is 76.8 Å². The molecule has 7 heteroatoms. The first-order chi connectivity index (χ1) is 19.3. The molecule has 5 nitrogen and oxygen atoms in total. The van der Waals surface area contributed by atoms with Gasteiger partial charge in [0.25, 0.3) is 0 Å². The maximum absolute atomic E-state index is 14.3. The molecule has 2 aromatic carbocycles. The van der Waals surface area contributed by atoms with Gasteiger partial charge in [-0.3, -0.25) is 9.11 Å². The average Bonchev–Trinajstić information content (AvgIpc) is 3.11. The minimum Gasteiger partial charge on any atom is -0.379 e. The smallest absolute Gasteiger partial charge is 0.0594 e. The number of hydrogen-bond acceptors (Lipinski definition) is 4. The minimum absolute atomic E-state index is 0.0583. The maximum atomic E-state index is 14.3. The summed E-state index contributed by atoms with van der Waals surface area (Å²) in [4.78, 5) is 4.76. The van der Waals surface area contributed by atoms with Gasteiger partial charge in [-0.25, -0.2) is 4.31 Å². The Kier molecular flexibility index (Phi) is 15.1. The Bertz CT molecular complexity index is 1160. The molecule has 4 rings (SSSR count). The lowest BCUT2D eigenvalue weighted by atomic mass is 10.1. The molecule has 2 aliphatic heterocycles. The van der Waals surface area contributed by atoms with Crippen molar-refractivity contribution in [3.8, 4) is 0 Å². The molecule has 40 heavy (non-hydrogen) atoms. The van der Waals surface area contributed by atoms with Gasteiger partial charge in [0, 0.05) is 71.5 Å². The van der Waals surface area contributed by atoms with Crippen molar-refractivity contribution in [1.29, 1.82) is 0 Å². The Morgan fingerprint density at radius 3 is 2.40 bits per heavy atom. The van der Waals surface area contributed by atoms with Gasteiger partial charge in [0.2, 0.25) is 0 Å². The van der Waals surface area contributed by atoms with Crippen molar-refractivity contribution in [3.63, 3.8) is 0 Å². The normalized spacial score (nSPS) is 19.6. The lowest BCUT2D eigenvalue weighted by Gasteiger charge is -2.36. The van der Waals surface area contributed by atoms with Gasteiger partial charge < -0.3 is 9.64 Å². The Morgan fingerprint density at radius 1 is 1.12 bits per heavy atom. The first-order valence-corrected chi connectivity index (χ1v) is 16.7. The molecule has 2 heterocycles. The van der Waals surface area contributed by atoms with Crippen molar-refractivity contribution in [3.05, 3.63) is 89.0 Å². The van der Waals surface area contributed by atoms with E-state index in [0.717, 1.165) is 57.9 Å². The second-order valence-corrected chi connectivity index (χ2v) is 12.9. The van der Waals surface area contributed by atoms with Gasteiger partial charge in [-0.2, -0.15) is 0 Å². The number of nitrogens with zero attached hydrogens (tertiary/aromatic N) is 3. The average molecular weight is 588 g/mol. The van der Waals surface area contributed by atoms with Crippen LogP contribution in [0, 0.1) is 0 Å². The molecule has 0 bridgehead atoms. The van der Waals surface area contributed by atoms with Crippen molar-refractivity contribution in [2.24, 2.45) is 0 Å². The highest BCUT2D eigenvalue weighted by atomic mass is 35.5. The van der Waals surface area contributed by atoms with E-state index in [-0.39, 0.29) is 6.04 Å². The molecule has 0 amide bonds. The second kappa shape index (κ2) is 17.7. The fourth-order valence-electron chi connectivity index (χ4n) is 4.93. The summed E-state index contributed by atoms with van der Waals surface area (Å²) >= 11 is 6.45. The zero-order chi connectivity index (χ0) is 29.5. The number of rotatable bonds is 8. The zero-order valence-electron chi connectivity index (χ0n) is 25.3. The molecule has 0 radical (unpaired) electrons. The van der Waals surface area contributed by atoms with Gasteiger partial charge in [0.05, 0.1) is 13.2 Å². The highest BCUT2D eigenvalue weighted by molar-refractivity contribution is 7.98. The highest BCUT2D eigenvalue weighted by Gasteiger charge is 2.33. The van der Waals surface area contributed by atoms with Gasteiger partial charge >= 0.3 is 0 Å². The summed E-state index contributed by atoms with van der Waals surface area (Å²) in [6, 6.07) is 16.7. The zero-order valence-corrected chi connectivity index (χ0v) is 26.9. The lowest BCUT2D eigenvalue weighted by molar-refractivity contribution is 0.0407. The third-order valence-corrected chi connectivity index (χ3v) is 9.39. The summed E-state index contributed by atoms with van der Waals surface area (Å²) in [5.41, 5.74) is 4.83. The molecule has 0 saturated carbocycles. The molecule has 1 unspecified atom stereocenters. The standard InChI is InChI=1S/C28H38ClN3O2S.C3H6.C2H6/c1-4-23(2)20-31-22-27(18-24-8-6-5-7-9-24)32(21-25-19-26(29)10-11-28(25)31)35(3,33)17-14-30-12-15-34-16-13-30;1-3-2;1-2/h4-11,19,27H,3,12-18,20-22H2,1-2H3;3H,1H2,2H3;1-2H3/b23-4+;;/t27-,35?;;/m1../s1. The number of fused-ring (bicyclic) bond motifs is 1. The van der Waals surface area contributed by atoms with E-state index in [0.29, 0.717) is 17.3 Å². The van der Waals surface area contributed by atoms with Gasteiger partial charge in [-0.1, -0.05) is 73.5 Å². The van der Waals surface area contributed by atoms with Gasteiger partial charge in [-0.05, 0) is 62.4 Å². The summed E-state index contributed by atoms with van der Waals surface area (Å²) in [6.07, 6.45) is 4.73. The first kappa shape index (κ1) is 34.1. The molecule has 0 aliphatic carbocycles. The van der Waals surface area contributed by atoms with Crippen molar-refractivity contribution in [2.45, 2.75) is 53.6 Å². The lowest BCUT2D eigenvalue weighted by Crippen LogP contribution is -2.48. The van der Waals surface area contributed by atoms with Gasteiger partial charge in [0.1, 0.15) is 0 Å². The summed E-state index contributed by atoms with van der Waals surface area (Å²) in [5, 5.41) is 0.705. The maximum Gasteiger partial charge on any atom is 0.0594 e. The van der Waals surface area contributed by atoms with E-state index < -0.39 is 9.71 Å². The van der Waals surface area contributed by atoms with Crippen LogP contribution in [-0.4, -0.2) is 77.0 Å². The molecule has 1 saturated heterocycles. The number of hydrogen-bond donors (Lipinski definition) is 0. The topological polar surface area (TPSA) is 36.0 Å². The molecule has 0 spiro atoms. The molecule has 2 atom stereocenters. The van der Waals surface area contributed by atoms with Gasteiger partial charge in [-0.15, -0.1) is 6.58 Å². The number of ether oxygens (including phenoxy) is 1. The summed E-state index contributed by atoms with van der Waals surface area (Å²) in [7, 11) is -2.52. The molecular formula is C33H50ClN3O2S. The van der Waals surface area contributed by atoms with Crippen LogP contribution in [0.25, 0.3) is 0 Å². The van der Waals surface area contributed by atoms with Crippen molar-refractivity contribution >= 4 is 32.9 Å². The third-order valence-electron chi connectivity index (χ3n) is 7.05.